The molecule has 2 aromatic heterocycles. The molecule has 0 saturated heterocycles. The van der Waals surface area contributed by atoms with E-state index in [9.17, 15) is 4.79 Å². The summed E-state index contributed by atoms with van der Waals surface area (Å²) in [7, 11) is 0. The van der Waals surface area contributed by atoms with Crippen molar-refractivity contribution in [1.82, 2.24) is 20.1 Å². The van der Waals surface area contributed by atoms with Crippen molar-refractivity contribution in [3.05, 3.63) is 76.6 Å². The van der Waals surface area contributed by atoms with E-state index in [1.807, 2.05) is 74.0 Å². The molecule has 35 heavy (non-hydrogen) atoms. The Morgan fingerprint density at radius 2 is 1.77 bits per heavy atom. The van der Waals surface area contributed by atoms with Gasteiger partial charge >= 0.3 is 0 Å². The molecule has 7 heteroatoms. The highest BCUT2D eigenvalue weighted by molar-refractivity contribution is 5.85. The smallest absolute Gasteiger partial charge is 0.220 e. The second-order valence-electron chi connectivity index (χ2n) is 9.02. The van der Waals surface area contributed by atoms with Crippen LogP contribution in [0.5, 0.6) is 11.5 Å². The highest BCUT2D eigenvalue weighted by atomic mass is 16.6. The standard InChI is InChI=1S/C28H30N4O3/c1-17-23(19(3)30-28-27(17)20(4)31-32(28)22-8-6-5-7-9-22)11-13-26(33)29-18(2)21-10-12-24-25(16-21)35-15-14-34-24/h5-10,12,16,18H,11,13-15H2,1-4H3,(H,29,33)/t18-/m0/s1. The van der Waals surface area contributed by atoms with Crippen molar-refractivity contribution < 1.29 is 14.3 Å². The number of hydrogen-bond acceptors (Lipinski definition) is 5. The normalized spacial score (nSPS) is 13.6. The van der Waals surface area contributed by atoms with Gasteiger partial charge in [-0.25, -0.2) is 9.67 Å². The van der Waals surface area contributed by atoms with Gasteiger partial charge in [0.05, 0.1) is 17.4 Å². The number of nitrogens with zero attached hydrogens (tertiary/aromatic N) is 3. The highest BCUT2D eigenvalue weighted by Crippen LogP contribution is 2.33. The SMILES string of the molecule is Cc1nc2c(c(C)nn2-c2ccccc2)c(C)c1CCC(=O)N[C@@H](C)c1ccc2c(c1)OCCO2. The van der Waals surface area contributed by atoms with Crippen LogP contribution < -0.4 is 14.8 Å². The molecule has 0 radical (unpaired) electrons. The number of amides is 1. The maximum Gasteiger partial charge on any atom is 0.220 e. The molecule has 3 heterocycles. The quantitative estimate of drug-likeness (QED) is 0.432. The number of nitrogens with one attached hydrogen (secondary N) is 1. The van der Waals surface area contributed by atoms with E-state index in [1.54, 1.807) is 0 Å². The number of para-hydroxylation sites is 1. The summed E-state index contributed by atoms with van der Waals surface area (Å²) >= 11 is 0. The summed E-state index contributed by atoms with van der Waals surface area (Å²) in [5.74, 6) is 1.48. The Morgan fingerprint density at radius 3 is 2.54 bits per heavy atom. The molecule has 0 bridgehead atoms. The minimum atomic E-state index is -0.132. The van der Waals surface area contributed by atoms with Crippen molar-refractivity contribution >= 4 is 16.9 Å². The third kappa shape index (κ3) is 4.46. The highest BCUT2D eigenvalue weighted by Gasteiger charge is 2.19. The van der Waals surface area contributed by atoms with Gasteiger partial charge in [0.15, 0.2) is 17.1 Å². The average molecular weight is 471 g/mol. The zero-order valence-corrected chi connectivity index (χ0v) is 20.6. The molecule has 1 aliphatic heterocycles. The topological polar surface area (TPSA) is 78.3 Å². The summed E-state index contributed by atoms with van der Waals surface area (Å²) in [4.78, 5) is 17.7. The lowest BCUT2D eigenvalue weighted by Gasteiger charge is -2.21. The molecule has 7 nitrogen and oxygen atoms in total. The third-order valence-electron chi connectivity index (χ3n) is 6.62. The summed E-state index contributed by atoms with van der Waals surface area (Å²) in [6.45, 7) is 9.20. The predicted molar refractivity (Wildman–Crippen MR) is 135 cm³/mol. The first-order valence-corrected chi connectivity index (χ1v) is 12.0. The van der Waals surface area contributed by atoms with Crippen LogP contribution in [0.4, 0.5) is 0 Å². The van der Waals surface area contributed by atoms with E-state index in [0.29, 0.717) is 26.1 Å². The minimum absolute atomic E-state index is 0.00277. The Balaban J connectivity index is 1.32. The van der Waals surface area contributed by atoms with Gasteiger partial charge < -0.3 is 14.8 Å². The number of fused-ring (bicyclic) bond motifs is 2. The number of aromatic nitrogens is 3. The van der Waals surface area contributed by atoms with Gasteiger partial charge in [-0.05, 0) is 75.1 Å². The Labute approximate surface area is 205 Å². The molecule has 4 aromatic rings. The second kappa shape index (κ2) is 9.41. The van der Waals surface area contributed by atoms with Crippen LogP contribution in [0.25, 0.3) is 16.7 Å². The number of hydrogen-bond donors (Lipinski definition) is 1. The minimum Gasteiger partial charge on any atom is -0.486 e. The van der Waals surface area contributed by atoms with E-state index >= 15 is 0 Å². The third-order valence-corrected chi connectivity index (χ3v) is 6.62. The molecule has 0 fully saturated rings. The van der Waals surface area contributed by atoms with Gasteiger partial charge in [0.2, 0.25) is 5.91 Å². The van der Waals surface area contributed by atoms with Gasteiger partial charge in [-0.2, -0.15) is 5.10 Å². The van der Waals surface area contributed by atoms with Crippen LogP contribution in [-0.2, 0) is 11.2 Å². The zero-order valence-electron chi connectivity index (χ0n) is 20.6. The monoisotopic (exact) mass is 470 g/mol. The summed E-state index contributed by atoms with van der Waals surface area (Å²) < 4.78 is 13.2. The van der Waals surface area contributed by atoms with Crippen LogP contribution >= 0.6 is 0 Å². The summed E-state index contributed by atoms with van der Waals surface area (Å²) in [6.07, 6.45) is 1.01. The first kappa shape index (κ1) is 22.9. The molecule has 0 saturated carbocycles. The molecule has 2 aromatic carbocycles. The van der Waals surface area contributed by atoms with Crippen molar-refractivity contribution in [2.45, 2.75) is 46.6 Å². The Morgan fingerprint density at radius 1 is 1.03 bits per heavy atom. The molecular weight excluding hydrogens is 440 g/mol. The van der Waals surface area contributed by atoms with Gasteiger partial charge in [-0.1, -0.05) is 24.3 Å². The van der Waals surface area contributed by atoms with Crippen LogP contribution in [0.2, 0.25) is 0 Å². The number of rotatable bonds is 6. The van der Waals surface area contributed by atoms with Gasteiger partial charge in [-0.3, -0.25) is 4.79 Å². The van der Waals surface area contributed by atoms with E-state index in [2.05, 4.69) is 12.2 Å². The molecule has 1 aliphatic rings. The van der Waals surface area contributed by atoms with E-state index < -0.39 is 0 Å². The lowest BCUT2D eigenvalue weighted by Crippen LogP contribution is -2.27. The Bertz CT molecular complexity index is 1390. The number of carbonyl (C=O) groups is 1. The zero-order chi connectivity index (χ0) is 24.5. The summed E-state index contributed by atoms with van der Waals surface area (Å²) in [5.41, 5.74) is 6.94. The number of aryl methyl sites for hydroxylation is 3. The molecule has 180 valence electrons. The fraction of sp³-hybridized carbons (Fsp3) is 0.321. The van der Waals surface area contributed by atoms with E-state index in [-0.39, 0.29) is 11.9 Å². The van der Waals surface area contributed by atoms with Crippen LogP contribution in [0.1, 0.15) is 47.5 Å². The molecule has 1 N–H and O–H groups in total. The van der Waals surface area contributed by atoms with Crippen molar-refractivity contribution in [3.8, 4) is 17.2 Å². The molecule has 0 aliphatic carbocycles. The second-order valence-corrected chi connectivity index (χ2v) is 9.02. The molecular formula is C28H30N4O3. The maximum absolute atomic E-state index is 12.8. The van der Waals surface area contributed by atoms with E-state index in [0.717, 1.165) is 56.3 Å². The van der Waals surface area contributed by atoms with E-state index in [1.165, 1.54) is 0 Å². The van der Waals surface area contributed by atoms with Crippen molar-refractivity contribution in [3.63, 3.8) is 0 Å². The average Bonchev–Trinajstić information content (AvgIpc) is 3.20. The van der Waals surface area contributed by atoms with Crippen molar-refractivity contribution in [1.29, 1.82) is 0 Å². The fourth-order valence-electron chi connectivity index (χ4n) is 4.79. The van der Waals surface area contributed by atoms with Crippen molar-refractivity contribution in [2.75, 3.05) is 13.2 Å². The molecule has 0 unspecified atom stereocenters. The first-order chi connectivity index (χ1) is 16.9. The Kier molecular flexibility index (Phi) is 6.16. The molecule has 1 atom stereocenters. The van der Waals surface area contributed by atoms with Gasteiger partial charge in [0.1, 0.15) is 13.2 Å². The lowest BCUT2D eigenvalue weighted by molar-refractivity contribution is -0.121. The van der Waals surface area contributed by atoms with Crippen LogP contribution in [0.3, 0.4) is 0 Å². The lowest BCUT2D eigenvalue weighted by atomic mass is 9.99. The number of ether oxygens (including phenoxy) is 2. The van der Waals surface area contributed by atoms with Crippen LogP contribution in [0.15, 0.2) is 48.5 Å². The van der Waals surface area contributed by atoms with Gasteiger partial charge in [-0.15, -0.1) is 0 Å². The van der Waals surface area contributed by atoms with Gasteiger partial charge in [0.25, 0.3) is 0 Å². The number of carbonyl (C=O) groups excluding carboxylic acids is 1. The summed E-state index contributed by atoms with van der Waals surface area (Å²) in [6, 6.07) is 15.7. The molecule has 1 amide bonds. The first-order valence-electron chi connectivity index (χ1n) is 12.0. The number of benzene rings is 2. The van der Waals surface area contributed by atoms with Crippen LogP contribution in [-0.4, -0.2) is 33.9 Å². The number of pyridine rings is 1. The predicted octanol–water partition coefficient (Wildman–Crippen LogP) is 4.93. The Hall–Kier alpha value is -3.87. The fourth-order valence-corrected chi connectivity index (χ4v) is 4.79. The van der Waals surface area contributed by atoms with Crippen molar-refractivity contribution in [2.24, 2.45) is 0 Å². The molecule has 5 rings (SSSR count). The maximum atomic E-state index is 12.8. The van der Waals surface area contributed by atoms with E-state index in [4.69, 9.17) is 19.6 Å². The van der Waals surface area contributed by atoms with Crippen LogP contribution in [0, 0.1) is 20.8 Å². The molecule has 0 spiro atoms. The van der Waals surface area contributed by atoms with Gasteiger partial charge in [0, 0.05) is 17.5 Å². The largest absolute Gasteiger partial charge is 0.486 e. The summed E-state index contributed by atoms with van der Waals surface area (Å²) in [5, 5.41) is 8.93.